The standard InChI is InChI=1S/C21H23N3O3S/c1-14-5-7-19(27-4)20(12-14)28(25,26)24-17-6-8-21(22-13-17)23-18-10-15(2)9-16(3)11-18/h5-13,24H,1-4H3,(H,22,23). The molecule has 0 saturated heterocycles. The molecule has 0 aliphatic rings. The van der Waals surface area contributed by atoms with Crippen molar-refractivity contribution in [3.8, 4) is 5.75 Å². The molecule has 6 nitrogen and oxygen atoms in total. The van der Waals surface area contributed by atoms with Crippen LogP contribution in [0, 0.1) is 20.8 Å². The van der Waals surface area contributed by atoms with Crippen molar-refractivity contribution in [2.45, 2.75) is 25.7 Å². The molecule has 3 aromatic rings. The molecule has 0 aliphatic heterocycles. The topological polar surface area (TPSA) is 80.3 Å². The lowest BCUT2D eigenvalue weighted by atomic mass is 10.1. The number of pyridine rings is 1. The lowest BCUT2D eigenvalue weighted by molar-refractivity contribution is 0.402. The van der Waals surface area contributed by atoms with E-state index in [2.05, 4.69) is 21.1 Å². The van der Waals surface area contributed by atoms with Crippen LogP contribution >= 0.6 is 0 Å². The highest BCUT2D eigenvalue weighted by molar-refractivity contribution is 7.92. The van der Waals surface area contributed by atoms with Gasteiger partial charge in [-0.3, -0.25) is 4.72 Å². The highest BCUT2D eigenvalue weighted by Gasteiger charge is 2.20. The van der Waals surface area contributed by atoms with E-state index in [0.29, 0.717) is 17.3 Å². The van der Waals surface area contributed by atoms with Gasteiger partial charge in [0.15, 0.2) is 0 Å². The van der Waals surface area contributed by atoms with Gasteiger partial charge in [0.2, 0.25) is 0 Å². The third kappa shape index (κ3) is 4.61. The fraction of sp³-hybridized carbons (Fsp3) is 0.190. The molecule has 0 saturated carbocycles. The summed E-state index contributed by atoms with van der Waals surface area (Å²) in [5.41, 5.74) is 4.43. The number of benzene rings is 2. The summed E-state index contributed by atoms with van der Waals surface area (Å²) in [6, 6.07) is 14.5. The number of methoxy groups -OCH3 is 1. The van der Waals surface area contributed by atoms with Gasteiger partial charge in [0.25, 0.3) is 10.0 Å². The van der Waals surface area contributed by atoms with Gasteiger partial charge >= 0.3 is 0 Å². The van der Waals surface area contributed by atoms with Gasteiger partial charge in [0, 0.05) is 5.69 Å². The molecule has 0 unspecified atom stereocenters. The van der Waals surface area contributed by atoms with Gasteiger partial charge in [-0.2, -0.15) is 0 Å². The highest BCUT2D eigenvalue weighted by Crippen LogP contribution is 2.27. The molecule has 2 aromatic carbocycles. The Morgan fingerprint density at radius 2 is 1.57 bits per heavy atom. The zero-order valence-electron chi connectivity index (χ0n) is 16.3. The van der Waals surface area contributed by atoms with Crippen molar-refractivity contribution >= 4 is 27.2 Å². The van der Waals surface area contributed by atoms with E-state index in [9.17, 15) is 8.42 Å². The Balaban J connectivity index is 1.79. The van der Waals surface area contributed by atoms with Gasteiger partial charge in [0.05, 0.1) is 19.0 Å². The molecule has 0 radical (unpaired) electrons. The quantitative estimate of drug-likeness (QED) is 0.637. The predicted molar refractivity (Wildman–Crippen MR) is 112 cm³/mol. The number of hydrogen-bond acceptors (Lipinski definition) is 5. The molecular formula is C21H23N3O3S. The van der Waals surface area contributed by atoms with Crippen molar-refractivity contribution in [2.24, 2.45) is 0 Å². The Bertz CT molecular complexity index is 1070. The summed E-state index contributed by atoms with van der Waals surface area (Å²) in [6.07, 6.45) is 1.48. The Kier molecular flexibility index (Phi) is 5.56. The van der Waals surface area contributed by atoms with Crippen LogP contribution < -0.4 is 14.8 Å². The molecule has 146 valence electrons. The molecule has 0 bridgehead atoms. The van der Waals surface area contributed by atoms with Crippen LogP contribution in [-0.2, 0) is 10.0 Å². The molecule has 28 heavy (non-hydrogen) atoms. The van der Waals surface area contributed by atoms with Gasteiger partial charge in [-0.25, -0.2) is 13.4 Å². The highest BCUT2D eigenvalue weighted by atomic mass is 32.2. The van der Waals surface area contributed by atoms with E-state index < -0.39 is 10.0 Å². The average Bonchev–Trinajstić information content (AvgIpc) is 2.62. The molecular weight excluding hydrogens is 374 g/mol. The van der Waals surface area contributed by atoms with E-state index in [1.54, 1.807) is 30.3 Å². The third-order valence-electron chi connectivity index (χ3n) is 4.12. The maximum Gasteiger partial charge on any atom is 0.265 e. The van der Waals surface area contributed by atoms with E-state index in [1.807, 2.05) is 32.9 Å². The number of anilines is 3. The smallest absolute Gasteiger partial charge is 0.265 e. The molecule has 2 N–H and O–H groups in total. The number of sulfonamides is 1. The van der Waals surface area contributed by atoms with Crippen LogP contribution in [0.2, 0.25) is 0 Å². The summed E-state index contributed by atoms with van der Waals surface area (Å²) in [5.74, 6) is 0.917. The average molecular weight is 398 g/mol. The number of ether oxygens (including phenoxy) is 1. The first-order chi connectivity index (χ1) is 13.3. The van der Waals surface area contributed by atoms with Crippen molar-refractivity contribution in [3.63, 3.8) is 0 Å². The second-order valence-electron chi connectivity index (χ2n) is 6.69. The summed E-state index contributed by atoms with van der Waals surface area (Å²) in [4.78, 5) is 4.39. The van der Waals surface area contributed by atoms with Crippen molar-refractivity contribution < 1.29 is 13.2 Å². The number of aryl methyl sites for hydroxylation is 3. The van der Waals surface area contributed by atoms with Gasteiger partial charge in [-0.1, -0.05) is 12.1 Å². The fourth-order valence-corrected chi connectivity index (χ4v) is 4.23. The minimum absolute atomic E-state index is 0.0902. The van der Waals surface area contributed by atoms with Crippen LogP contribution in [0.5, 0.6) is 5.75 Å². The summed E-state index contributed by atoms with van der Waals surface area (Å²) in [5, 5.41) is 3.22. The first-order valence-corrected chi connectivity index (χ1v) is 10.2. The van der Waals surface area contributed by atoms with Crippen LogP contribution in [0.4, 0.5) is 17.2 Å². The third-order valence-corrected chi connectivity index (χ3v) is 5.52. The second-order valence-corrected chi connectivity index (χ2v) is 8.34. The Labute approximate surface area is 165 Å². The van der Waals surface area contributed by atoms with Crippen LogP contribution in [0.25, 0.3) is 0 Å². The maximum atomic E-state index is 12.7. The summed E-state index contributed by atoms with van der Waals surface area (Å²) < 4.78 is 33.2. The SMILES string of the molecule is COc1ccc(C)cc1S(=O)(=O)Nc1ccc(Nc2cc(C)cc(C)c2)nc1. The molecule has 0 atom stereocenters. The normalized spacial score (nSPS) is 11.1. The molecule has 3 rings (SSSR count). The zero-order valence-corrected chi connectivity index (χ0v) is 17.1. The minimum atomic E-state index is -3.80. The first-order valence-electron chi connectivity index (χ1n) is 8.76. The van der Waals surface area contributed by atoms with E-state index >= 15 is 0 Å². The van der Waals surface area contributed by atoms with Gasteiger partial charge in [0.1, 0.15) is 16.5 Å². The monoisotopic (exact) mass is 397 g/mol. The van der Waals surface area contributed by atoms with Crippen molar-refractivity contribution in [2.75, 3.05) is 17.1 Å². The summed E-state index contributed by atoms with van der Waals surface area (Å²) in [6.45, 7) is 5.89. The molecule has 1 heterocycles. The Morgan fingerprint density at radius 1 is 0.857 bits per heavy atom. The van der Waals surface area contributed by atoms with E-state index in [4.69, 9.17) is 4.74 Å². The zero-order chi connectivity index (χ0) is 20.3. The van der Waals surface area contributed by atoms with Crippen LogP contribution in [0.3, 0.4) is 0 Å². The van der Waals surface area contributed by atoms with Crippen LogP contribution in [0.1, 0.15) is 16.7 Å². The first kappa shape index (κ1) is 19.7. The number of aromatic nitrogens is 1. The van der Waals surface area contributed by atoms with Gasteiger partial charge < -0.3 is 10.1 Å². The fourth-order valence-electron chi connectivity index (χ4n) is 2.93. The van der Waals surface area contributed by atoms with Crippen molar-refractivity contribution in [3.05, 3.63) is 71.4 Å². The lowest BCUT2D eigenvalue weighted by Crippen LogP contribution is -2.14. The largest absolute Gasteiger partial charge is 0.495 e. The summed E-state index contributed by atoms with van der Waals surface area (Å²) in [7, 11) is -2.35. The number of rotatable bonds is 6. The van der Waals surface area contributed by atoms with Crippen LogP contribution in [-0.4, -0.2) is 20.5 Å². The molecule has 7 heteroatoms. The van der Waals surface area contributed by atoms with E-state index in [-0.39, 0.29) is 4.90 Å². The molecule has 1 aromatic heterocycles. The predicted octanol–water partition coefficient (Wildman–Crippen LogP) is 4.56. The van der Waals surface area contributed by atoms with Crippen LogP contribution in [0.15, 0.2) is 59.6 Å². The minimum Gasteiger partial charge on any atom is -0.495 e. The van der Waals surface area contributed by atoms with Gasteiger partial charge in [-0.15, -0.1) is 0 Å². The Morgan fingerprint density at radius 3 is 2.18 bits per heavy atom. The molecule has 0 fully saturated rings. The molecule has 0 amide bonds. The number of nitrogens with one attached hydrogen (secondary N) is 2. The maximum absolute atomic E-state index is 12.7. The van der Waals surface area contributed by atoms with Crippen molar-refractivity contribution in [1.29, 1.82) is 0 Å². The number of nitrogens with zero attached hydrogens (tertiary/aromatic N) is 1. The van der Waals surface area contributed by atoms with Crippen molar-refractivity contribution in [1.82, 2.24) is 4.98 Å². The second kappa shape index (κ2) is 7.90. The number of hydrogen-bond donors (Lipinski definition) is 2. The van der Waals surface area contributed by atoms with Gasteiger partial charge in [-0.05, 0) is 73.9 Å². The van der Waals surface area contributed by atoms with E-state index in [1.165, 1.54) is 13.3 Å². The van der Waals surface area contributed by atoms with E-state index in [0.717, 1.165) is 22.4 Å². The Hall–Kier alpha value is -3.06. The summed E-state index contributed by atoms with van der Waals surface area (Å²) >= 11 is 0. The molecule has 0 aliphatic carbocycles. The molecule has 0 spiro atoms. The lowest BCUT2D eigenvalue weighted by Gasteiger charge is -2.13.